The first-order valence-electron chi connectivity index (χ1n) is 9.64. The summed E-state index contributed by atoms with van der Waals surface area (Å²) >= 11 is 0. The first kappa shape index (κ1) is 21.3. The summed E-state index contributed by atoms with van der Waals surface area (Å²) in [6, 6.07) is 8.13. The van der Waals surface area contributed by atoms with Crippen LogP contribution in [-0.2, 0) is 4.74 Å². The summed E-state index contributed by atoms with van der Waals surface area (Å²) in [5.41, 5.74) is 0. The Morgan fingerprint density at radius 1 is 1.22 bits per heavy atom. The summed E-state index contributed by atoms with van der Waals surface area (Å²) in [7, 11) is 5.20. The molecule has 1 aliphatic heterocycles. The number of nitrogens with zero attached hydrogens (tertiary/aromatic N) is 2. The van der Waals surface area contributed by atoms with Crippen LogP contribution in [-0.4, -0.2) is 77.1 Å². The lowest BCUT2D eigenvalue weighted by Crippen LogP contribution is -2.50. The Morgan fingerprint density at radius 3 is 2.56 bits per heavy atom. The number of rotatable bonds is 9. The van der Waals surface area contributed by atoms with E-state index in [1.165, 1.54) is 0 Å². The predicted octanol–water partition coefficient (Wildman–Crippen LogP) is 1.74. The smallest absolute Gasteiger partial charge is 0.191 e. The van der Waals surface area contributed by atoms with Gasteiger partial charge < -0.3 is 29.7 Å². The topological polar surface area (TPSA) is 67.4 Å². The third kappa shape index (κ3) is 7.27. The highest BCUT2D eigenvalue weighted by Gasteiger charge is 2.20. The molecule has 1 aromatic rings. The maximum Gasteiger partial charge on any atom is 0.191 e. The van der Waals surface area contributed by atoms with E-state index in [1.807, 2.05) is 31.2 Å². The fourth-order valence-electron chi connectivity index (χ4n) is 3.12. The summed E-state index contributed by atoms with van der Waals surface area (Å²) in [4.78, 5) is 6.79. The van der Waals surface area contributed by atoms with Crippen LogP contribution in [0.15, 0.2) is 29.3 Å². The Morgan fingerprint density at radius 2 is 1.93 bits per heavy atom. The van der Waals surface area contributed by atoms with Crippen molar-refractivity contribution in [2.45, 2.75) is 31.9 Å². The van der Waals surface area contributed by atoms with E-state index in [1.54, 1.807) is 21.3 Å². The van der Waals surface area contributed by atoms with Crippen molar-refractivity contribution in [2.75, 3.05) is 54.1 Å². The van der Waals surface area contributed by atoms with Crippen LogP contribution in [0.25, 0.3) is 0 Å². The van der Waals surface area contributed by atoms with Gasteiger partial charge in [-0.1, -0.05) is 12.1 Å². The highest BCUT2D eigenvalue weighted by atomic mass is 16.5. The van der Waals surface area contributed by atoms with Gasteiger partial charge in [-0.3, -0.25) is 4.99 Å². The van der Waals surface area contributed by atoms with Gasteiger partial charge in [-0.2, -0.15) is 0 Å². The first-order valence-corrected chi connectivity index (χ1v) is 9.64. The molecule has 1 fully saturated rings. The van der Waals surface area contributed by atoms with E-state index in [0.29, 0.717) is 12.6 Å². The molecular formula is C20H34N4O3. The zero-order valence-electron chi connectivity index (χ0n) is 17.0. The second kappa shape index (κ2) is 11.7. The number of hydrogen-bond acceptors (Lipinski definition) is 5. The molecule has 1 atom stereocenters. The monoisotopic (exact) mass is 378 g/mol. The van der Waals surface area contributed by atoms with E-state index < -0.39 is 0 Å². The van der Waals surface area contributed by atoms with Crippen molar-refractivity contribution in [2.24, 2.45) is 4.99 Å². The lowest BCUT2D eigenvalue weighted by atomic mass is 10.1. The highest BCUT2D eigenvalue weighted by molar-refractivity contribution is 5.80. The number of guanidine groups is 1. The number of nitrogens with one attached hydrogen (secondary N) is 2. The van der Waals surface area contributed by atoms with Crippen molar-refractivity contribution < 1.29 is 14.2 Å². The molecule has 1 saturated heterocycles. The van der Waals surface area contributed by atoms with Gasteiger partial charge in [0.25, 0.3) is 0 Å². The van der Waals surface area contributed by atoms with Crippen LogP contribution >= 0.6 is 0 Å². The van der Waals surface area contributed by atoms with Crippen molar-refractivity contribution in [3.63, 3.8) is 0 Å². The average molecular weight is 379 g/mol. The quantitative estimate of drug-likeness (QED) is 0.504. The Bertz CT molecular complexity index is 574. The molecule has 0 spiro atoms. The largest absolute Gasteiger partial charge is 0.493 e. The van der Waals surface area contributed by atoms with Crippen molar-refractivity contribution in [1.82, 2.24) is 15.5 Å². The number of benzene rings is 1. The standard InChI is InChI=1S/C20H34N4O3/c1-16(27-19-8-6-5-7-18(19)26-4)15-22-20(21-2)23-17-9-11-24(12-10-17)13-14-25-3/h5-8,16-17H,9-15H2,1-4H3,(H2,21,22,23). The van der Waals surface area contributed by atoms with Crippen LogP contribution in [0.3, 0.4) is 0 Å². The SMILES string of the molecule is CN=C(NCC(C)Oc1ccccc1OC)NC1CCN(CCOC)CC1. The molecule has 0 saturated carbocycles. The van der Waals surface area contributed by atoms with Crippen molar-refractivity contribution >= 4 is 5.96 Å². The molecule has 2 rings (SSSR count). The lowest BCUT2D eigenvalue weighted by Gasteiger charge is -2.33. The highest BCUT2D eigenvalue weighted by Crippen LogP contribution is 2.26. The van der Waals surface area contributed by atoms with Crippen LogP contribution in [0.2, 0.25) is 0 Å². The van der Waals surface area contributed by atoms with Crippen LogP contribution in [0, 0.1) is 0 Å². The van der Waals surface area contributed by atoms with E-state index in [4.69, 9.17) is 14.2 Å². The van der Waals surface area contributed by atoms with Gasteiger partial charge in [0.05, 0.1) is 20.3 Å². The molecule has 1 heterocycles. The zero-order chi connectivity index (χ0) is 19.5. The molecule has 7 heteroatoms. The van der Waals surface area contributed by atoms with E-state index in [0.717, 1.165) is 56.5 Å². The summed E-state index contributed by atoms with van der Waals surface area (Å²) in [6.07, 6.45) is 2.20. The molecule has 7 nitrogen and oxygen atoms in total. The molecule has 1 aromatic carbocycles. The van der Waals surface area contributed by atoms with Crippen molar-refractivity contribution in [3.8, 4) is 11.5 Å². The zero-order valence-corrected chi connectivity index (χ0v) is 17.0. The maximum absolute atomic E-state index is 5.98. The maximum atomic E-state index is 5.98. The molecule has 0 bridgehead atoms. The van der Waals surface area contributed by atoms with Gasteiger partial charge in [-0.15, -0.1) is 0 Å². The lowest BCUT2D eigenvalue weighted by molar-refractivity contribution is 0.128. The molecule has 0 aliphatic carbocycles. The Hall–Kier alpha value is -1.99. The third-order valence-electron chi connectivity index (χ3n) is 4.72. The molecule has 0 aromatic heterocycles. The molecule has 2 N–H and O–H groups in total. The van der Waals surface area contributed by atoms with Gasteiger partial charge in [0.15, 0.2) is 17.5 Å². The van der Waals surface area contributed by atoms with Gasteiger partial charge in [-0.25, -0.2) is 0 Å². The number of aliphatic imine (C=N–C) groups is 1. The van der Waals surface area contributed by atoms with Crippen molar-refractivity contribution in [1.29, 1.82) is 0 Å². The summed E-state index contributed by atoms with van der Waals surface area (Å²) in [5.74, 6) is 2.31. The fraction of sp³-hybridized carbons (Fsp3) is 0.650. The Labute approximate surface area is 163 Å². The van der Waals surface area contributed by atoms with Crippen LogP contribution < -0.4 is 20.1 Å². The van der Waals surface area contributed by atoms with Gasteiger partial charge in [0.2, 0.25) is 0 Å². The van der Waals surface area contributed by atoms with Gasteiger partial charge in [0, 0.05) is 39.8 Å². The molecule has 27 heavy (non-hydrogen) atoms. The number of piperidine rings is 1. The van der Waals surface area contributed by atoms with Crippen LogP contribution in [0.5, 0.6) is 11.5 Å². The molecule has 0 radical (unpaired) electrons. The third-order valence-corrected chi connectivity index (χ3v) is 4.72. The summed E-state index contributed by atoms with van der Waals surface area (Å²) in [5, 5.41) is 6.88. The first-order chi connectivity index (χ1) is 13.2. The fourth-order valence-corrected chi connectivity index (χ4v) is 3.12. The van der Waals surface area contributed by atoms with Crippen LogP contribution in [0.1, 0.15) is 19.8 Å². The van der Waals surface area contributed by atoms with E-state index in [-0.39, 0.29) is 6.10 Å². The number of methoxy groups -OCH3 is 2. The number of likely N-dealkylation sites (tertiary alicyclic amines) is 1. The van der Waals surface area contributed by atoms with Gasteiger partial charge in [0.1, 0.15) is 6.10 Å². The minimum Gasteiger partial charge on any atom is -0.493 e. The summed E-state index contributed by atoms with van der Waals surface area (Å²) < 4.78 is 16.5. The van der Waals surface area contributed by atoms with E-state index in [9.17, 15) is 0 Å². The predicted molar refractivity (Wildman–Crippen MR) is 109 cm³/mol. The Kier molecular flexibility index (Phi) is 9.21. The average Bonchev–Trinajstić information content (AvgIpc) is 2.70. The normalized spacial score (nSPS) is 17.4. The second-order valence-corrected chi connectivity index (χ2v) is 6.79. The Balaban J connectivity index is 1.72. The minimum absolute atomic E-state index is 0.0178. The number of ether oxygens (including phenoxy) is 3. The molecule has 1 aliphatic rings. The van der Waals surface area contributed by atoms with Gasteiger partial charge in [-0.05, 0) is 31.9 Å². The van der Waals surface area contributed by atoms with E-state index >= 15 is 0 Å². The van der Waals surface area contributed by atoms with Crippen LogP contribution in [0.4, 0.5) is 0 Å². The summed E-state index contributed by atoms with van der Waals surface area (Å²) in [6.45, 7) is 6.67. The number of hydrogen-bond donors (Lipinski definition) is 2. The molecule has 1 unspecified atom stereocenters. The van der Waals surface area contributed by atoms with Crippen molar-refractivity contribution in [3.05, 3.63) is 24.3 Å². The molecular weight excluding hydrogens is 344 g/mol. The number of para-hydroxylation sites is 2. The van der Waals surface area contributed by atoms with Gasteiger partial charge >= 0.3 is 0 Å². The molecule has 152 valence electrons. The molecule has 0 amide bonds. The second-order valence-electron chi connectivity index (χ2n) is 6.79. The minimum atomic E-state index is -0.0178. The van der Waals surface area contributed by atoms with E-state index in [2.05, 4.69) is 20.5 Å².